The molecule has 6 heteroatoms. The van der Waals surface area contributed by atoms with Crippen LogP contribution in [0.4, 0.5) is 0 Å². The summed E-state index contributed by atoms with van der Waals surface area (Å²) in [6, 6.07) is 0. The van der Waals surface area contributed by atoms with Crippen LogP contribution >= 0.6 is 0 Å². The fourth-order valence-electron chi connectivity index (χ4n) is 1.26. The van der Waals surface area contributed by atoms with Crippen molar-refractivity contribution in [3.05, 3.63) is 0 Å². The Balaban J connectivity index is 3.65. The molecule has 6 nitrogen and oxygen atoms in total. The van der Waals surface area contributed by atoms with Crippen LogP contribution in [0, 0.1) is 5.92 Å². The lowest BCUT2D eigenvalue weighted by molar-refractivity contribution is -0.126. The quantitative estimate of drug-likeness (QED) is 0.465. The standard InChI is InChI=1S/C11H23N3O3/c1-3-9(7-12)6-10(15)14-8-11(16)13-4-5-17-2/h9H,3-8,12H2,1-2H3,(H,13,16)(H,14,15). The Morgan fingerprint density at radius 3 is 2.53 bits per heavy atom. The topological polar surface area (TPSA) is 93.5 Å². The summed E-state index contributed by atoms with van der Waals surface area (Å²) >= 11 is 0. The molecule has 0 fully saturated rings. The third kappa shape index (κ3) is 8.65. The zero-order valence-corrected chi connectivity index (χ0v) is 10.6. The van der Waals surface area contributed by atoms with Gasteiger partial charge in [-0.15, -0.1) is 0 Å². The minimum Gasteiger partial charge on any atom is -0.383 e. The van der Waals surface area contributed by atoms with Gasteiger partial charge in [-0.2, -0.15) is 0 Å². The molecule has 1 unspecified atom stereocenters. The molecule has 0 aliphatic carbocycles. The number of nitrogens with one attached hydrogen (secondary N) is 2. The first-order valence-electron chi connectivity index (χ1n) is 5.86. The third-order valence-corrected chi connectivity index (χ3v) is 2.46. The van der Waals surface area contributed by atoms with E-state index >= 15 is 0 Å². The summed E-state index contributed by atoms with van der Waals surface area (Å²) in [7, 11) is 1.56. The lowest BCUT2D eigenvalue weighted by Gasteiger charge is -2.11. The summed E-state index contributed by atoms with van der Waals surface area (Å²) < 4.78 is 4.78. The van der Waals surface area contributed by atoms with Crippen LogP contribution in [0.2, 0.25) is 0 Å². The lowest BCUT2D eigenvalue weighted by atomic mass is 10.0. The smallest absolute Gasteiger partial charge is 0.239 e. The Morgan fingerprint density at radius 2 is 2.00 bits per heavy atom. The summed E-state index contributed by atoms with van der Waals surface area (Å²) in [5.74, 6) is -0.160. The number of rotatable bonds is 9. The van der Waals surface area contributed by atoms with E-state index in [0.29, 0.717) is 26.1 Å². The molecular weight excluding hydrogens is 222 g/mol. The lowest BCUT2D eigenvalue weighted by Crippen LogP contribution is -2.39. The highest BCUT2D eigenvalue weighted by molar-refractivity contribution is 5.84. The normalized spacial score (nSPS) is 11.9. The summed E-state index contributed by atoms with van der Waals surface area (Å²) in [5.41, 5.74) is 5.50. The van der Waals surface area contributed by atoms with Crippen molar-refractivity contribution in [1.29, 1.82) is 0 Å². The van der Waals surface area contributed by atoms with E-state index in [1.807, 2.05) is 6.92 Å². The number of ether oxygens (including phenoxy) is 1. The molecule has 0 heterocycles. The SMILES string of the molecule is CCC(CN)CC(=O)NCC(=O)NCCOC. The molecule has 0 radical (unpaired) electrons. The van der Waals surface area contributed by atoms with Crippen LogP contribution in [0.3, 0.4) is 0 Å². The van der Waals surface area contributed by atoms with Crippen LogP contribution in [0.5, 0.6) is 0 Å². The van der Waals surface area contributed by atoms with E-state index in [1.54, 1.807) is 7.11 Å². The van der Waals surface area contributed by atoms with E-state index < -0.39 is 0 Å². The molecule has 0 bridgehead atoms. The average Bonchev–Trinajstić information content (AvgIpc) is 2.33. The second-order valence-corrected chi connectivity index (χ2v) is 3.83. The van der Waals surface area contributed by atoms with Gasteiger partial charge >= 0.3 is 0 Å². The van der Waals surface area contributed by atoms with Gasteiger partial charge in [-0.3, -0.25) is 9.59 Å². The molecule has 0 aromatic rings. The highest BCUT2D eigenvalue weighted by atomic mass is 16.5. The first-order valence-corrected chi connectivity index (χ1v) is 5.86. The number of methoxy groups -OCH3 is 1. The predicted molar refractivity (Wildman–Crippen MR) is 65.3 cm³/mol. The second-order valence-electron chi connectivity index (χ2n) is 3.83. The first kappa shape index (κ1) is 15.9. The molecule has 2 amide bonds. The van der Waals surface area contributed by atoms with Crippen molar-refractivity contribution in [2.45, 2.75) is 19.8 Å². The van der Waals surface area contributed by atoms with E-state index in [-0.39, 0.29) is 24.3 Å². The van der Waals surface area contributed by atoms with Crippen molar-refractivity contribution in [1.82, 2.24) is 10.6 Å². The Kier molecular flexibility index (Phi) is 9.37. The Bertz CT molecular complexity index is 230. The predicted octanol–water partition coefficient (Wildman–Crippen LogP) is -0.760. The van der Waals surface area contributed by atoms with Crippen LogP contribution in [-0.4, -0.2) is 45.2 Å². The maximum atomic E-state index is 11.4. The molecule has 17 heavy (non-hydrogen) atoms. The second kappa shape index (κ2) is 10.0. The zero-order valence-electron chi connectivity index (χ0n) is 10.6. The molecule has 0 aliphatic heterocycles. The molecule has 100 valence electrons. The zero-order chi connectivity index (χ0) is 13.1. The monoisotopic (exact) mass is 245 g/mol. The van der Waals surface area contributed by atoms with Gasteiger partial charge in [0.05, 0.1) is 13.2 Å². The Hall–Kier alpha value is -1.14. The number of nitrogens with two attached hydrogens (primary N) is 1. The first-order chi connectivity index (χ1) is 8.13. The van der Waals surface area contributed by atoms with Crippen LogP contribution in [-0.2, 0) is 14.3 Å². The van der Waals surface area contributed by atoms with Crippen LogP contribution in [0.25, 0.3) is 0 Å². The number of carbonyl (C=O) groups excluding carboxylic acids is 2. The van der Waals surface area contributed by atoms with Crippen molar-refractivity contribution < 1.29 is 14.3 Å². The minimum atomic E-state index is -0.212. The van der Waals surface area contributed by atoms with E-state index in [9.17, 15) is 9.59 Å². The molecular formula is C11H23N3O3. The maximum Gasteiger partial charge on any atom is 0.239 e. The minimum absolute atomic E-state index is 0.00353. The molecule has 0 saturated heterocycles. The van der Waals surface area contributed by atoms with Crippen molar-refractivity contribution >= 4 is 11.8 Å². The van der Waals surface area contributed by atoms with Gasteiger partial charge < -0.3 is 21.1 Å². The highest BCUT2D eigenvalue weighted by Gasteiger charge is 2.11. The number of carbonyl (C=O) groups is 2. The van der Waals surface area contributed by atoms with Gasteiger partial charge in [0.25, 0.3) is 0 Å². The van der Waals surface area contributed by atoms with Gasteiger partial charge in [0.1, 0.15) is 0 Å². The van der Waals surface area contributed by atoms with Gasteiger partial charge in [-0.25, -0.2) is 0 Å². The van der Waals surface area contributed by atoms with E-state index in [0.717, 1.165) is 6.42 Å². The molecule has 1 atom stereocenters. The number of amides is 2. The fourth-order valence-corrected chi connectivity index (χ4v) is 1.26. The molecule has 0 aliphatic rings. The summed E-state index contributed by atoms with van der Waals surface area (Å²) in [4.78, 5) is 22.7. The molecule has 0 rings (SSSR count). The highest BCUT2D eigenvalue weighted by Crippen LogP contribution is 2.04. The van der Waals surface area contributed by atoms with Crippen molar-refractivity contribution in [2.75, 3.05) is 33.4 Å². The molecule has 0 aromatic carbocycles. The molecule has 0 spiro atoms. The van der Waals surface area contributed by atoms with Gasteiger partial charge in [-0.1, -0.05) is 13.3 Å². The average molecular weight is 245 g/mol. The molecule has 4 N–H and O–H groups in total. The molecule has 0 aromatic heterocycles. The Morgan fingerprint density at radius 1 is 1.29 bits per heavy atom. The van der Waals surface area contributed by atoms with Gasteiger partial charge in [0.15, 0.2) is 0 Å². The summed E-state index contributed by atoms with van der Waals surface area (Å²) in [5, 5.41) is 5.18. The van der Waals surface area contributed by atoms with Gasteiger partial charge in [0, 0.05) is 20.1 Å². The van der Waals surface area contributed by atoms with Crippen LogP contribution in [0.1, 0.15) is 19.8 Å². The summed E-state index contributed by atoms with van der Waals surface area (Å²) in [6.45, 7) is 3.39. The van der Waals surface area contributed by atoms with Crippen LogP contribution in [0.15, 0.2) is 0 Å². The Labute approximate surface area is 102 Å². The summed E-state index contributed by atoms with van der Waals surface area (Å²) in [6.07, 6.45) is 1.24. The van der Waals surface area contributed by atoms with Crippen molar-refractivity contribution in [3.63, 3.8) is 0 Å². The maximum absolute atomic E-state index is 11.4. The largest absolute Gasteiger partial charge is 0.383 e. The van der Waals surface area contributed by atoms with Crippen molar-refractivity contribution in [2.24, 2.45) is 11.7 Å². The van der Waals surface area contributed by atoms with E-state index in [2.05, 4.69) is 10.6 Å². The van der Waals surface area contributed by atoms with E-state index in [1.165, 1.54) is 0 Å². The van der Waals surface area contributed by atoms with Gasteiger partial charge in [0.2, 0.25) is 11.8 Å². The fraction of sp³-hybridized carbons (Fsp3) is 0.818. The van der Waals surface area contributed by atoms with Crippen LogP contribution < -0.4 is 16.4 Å². The third-order valence-electron chi connectivity index (χ3n) is 2.46. The molecule has 0 saturated carbocycles. The van der Waals surface area contributed by atoms with E-state index in [4.69, 9.17) is 10.5 Å². The van der Waals surface area contributed by atoms with Gasteiger partial charge in [-0.05, 0) is 12.5 Å². The number of hydrogen-bond donors (Lipinski definition) is 3. The van der Waals surface area contributed by atoms with Crippen molar-refractivity contribution in [3.8, 4) is 0 Å². The number of hydrogen-bond acceptors (Lipinski definition) is 4.